The third-order valence-corrected chi connectivity index (χ3v) is 6.36. The van der Waals surface area contributed by atoms with Crippen LogP contribution < -0.4 is 9.75 Å². The Bertz CT molecular complexity index is 1280. The van der Waals surface area contributed by atoms with Crippen LogP contribution in [0.3, 0.4) is 0 Å². The van der Waals surface area contributed by atoms with E-state index in [0.29, 0.717) is 62.3 Å². The van der Waals surface area contributed by atoms with Crippen LogP contribution in [-0.2, 0) is 16.1 Å². The number of amides is 2. The molecule has 1 saturated heterocycles. The zero-order valence-corrected chi connectivity index (χ0v) is 20.4. The molecule has 2 aromatic carbocycles. The number of methoxy groups -OCH3 is 1. The molecule has 1 aromatic heterocycles. The number of ether oxygens (including phenoxy) is 1. The summed E-state index contributed by atoms with van der Waals surface area (Å²) >= 11 is 0. The summed E-state index contributed by atoms with van der Waals surface area (Å²) < 4.78 is 10.6. The molecule has 0 saturated carbocycles. The Morgan fingerprint density at radius 3 is 2.56 bits per heavy atom. The van der Waals surface area contributed by atoms with E-state index in [4.69, 9.17) is 9.26 Å². The number of hydrogen-bond donors (Lipinski definition) is 0. The first-order valence-electron chi connectivity index (χ1n) is 12.0. The Morgan fingerprint density at radius 1 is 1.06 bits per heavy atom. The molecule has 10 nitrogen and oxygen atoms in total. The minimum atomic E-state index is -0.112. The van der Waals surface area contributed by atoms with E-state index in [1.807, 2.05) is 55.5 Å². The van der Waals surface area contributed by atoms with Gasteiger partial charge in [0, 0.05) is 44.6 Å². The molecule has 0 radical (unpaired) electrons. The van der Waals surface area contributed by atoms with Gasteiger partial charge in [0.1, 0.15) is 11.5 Å². The van der Waals surface area contributed by atoms with Gasteiger partial charge in [0.15, 0.2) is 0 Å². The summed E-state index contributed by atoms with van der Waals surface area (Å²) in [5.41, 5.74) is 2.99. The number of hydrogen-bond acceptors (Lipinski definition) is 8. The van der Waals surface area contributed by atoms with Gasteiger partial charge in [0.05, 0.1) is 19.3 Å². The summed E-state index contributed by atoms with van der Waals surface area (Å²) in [6, 6.07) is 15.1. The third-order valence-electron chi connectivity index (χ3n) is 6.36. The van der Waals surface area contributed by atoms with Gasteiger partial charge in [-0.2, -0.15) is 10.1 Å². The number of piperazine rings is 1. The average molecular weight is 489 g/mol. The molecule has 3 aromatic rings. The van der Waals surface area contributed by atoms with Crippen molar-refractivity contribution in [3.63, 3.8) is 0 Å². The summed E-state index contributed by atoms with van der Waals surface area (Å²) in [7, 11) is 1.62. The van der Waals surface area contributed by atoms with Gasteiger partial charge in [-0.15, -0.1) is 0 Å². The highest BCUT2D eigenvalue weighted by Gasteiger charge is 2.30. The molecule has 0 unspecified atom stereocenters. The number of nitrogens with zero attached hydrogens (tertiary/aromatic N) is 6. The van der Waals surface area contributed by atoms with Crippen molar-refractivity contribution in [3.05, 3.63) is 60.0 Å². The van der Waals surface area contributed by atoms with Crippen LogP contribution in [0.4, 0.5) is 5.69 Å². The van der Waals surface area contributed by atoms with Crippen LogP contribution in [0, 0.1) is 6.92 Å². The molecule has 0 N–H and O–H groups in total. The highest BCUT2D eigenvalue weighted by Crippen LogP contribution is 2.23. The van der Waals surface area contributed by atoms with E-state index in [1.54, 1.807) is 12.0 Å². The Labute approximate surface area is 209 Å². The highest BCUT2D eigenvalue weighted by molar-refractivity contribution is 6.40. The van der Waals surface area contributed by atoms with E-state index in [1.165, 1.54) is 5.01 Å². The number of benzene rings is 2. The molecule has 0 atom stereocenters. The summed E-state index contributed by atoms with van der Waals surface area (Å²) in [6.07, 6.45) is 0.627. The van der Waals surface area contributed by atoms with Crippen LogP contribution in [-0.4, -0.2) is 70.8 Å². The summed E-state index contributed by atoms with van der Waals surface area (Å²) in [5, 5.41) is 9.88. The normalized spacial score (nSPS) is 16.7. The first-order chi connectivity index (χ1) is 17.5. The fraction of sp³-hybridized carbons (Fsp3) is 0.346. The lowest BCUT2D eigenvalue weighted by molar-refractivity contribution is -0.126. The van der Waals surface area contributed by atoms with Gasteiger partial charge in [-0.25, -0.2) is 5.01 Å². The minimum Gasteiger partial charge on any atom is -0.497 e. The van der Waals surface area contributed by atoms with E-state index in [-0.39, 0.29) is 18.2 Å². The number of carbonyl (C=O) groups is 2. The van der Waals surface area contributed by atoms with Crippen molar-refractivity contribution in [1.82, 2.24) is 19.9 Å². The zero-order valence-electron chi connectivity index (χ0n) is 20.4. The van der Waals surface area contributed by atoms with Crippen LogP contribution in [0.5, 0.6) is 5.75 Å². The molecule has 5 rings (SSSR count). The van der Waals surface area contributed by atoms with Crippen LogP contribution in [0.1, 0.15) is 24.3 Å². The summed E-state index contributed by atoms with van der Waals surface area (Å²) in [5.74, 6) is 1.62. The summed E-state index contributed by atoms with van der Waals surface area (Å²) in [6.45, 7) is 4.97. The maximum Gasteiger partial charge on any atom is 0.270 e. The average Bonchev–Trinajstić information content (AvgIpc) is 3.37. The van der Waals surface area contributed by atoms with Crippen LogP contribution in [0.2, 0.25) is 0 Å². The number of rotatable bonds is 6. The third kappa shape index (κ3) is 5.13. The molecule has 0 aliphatic carbocycles. The zero-order chi connectivity index (χ0) is 25.1. The lowest BCUT2D eigenvalue weighted by Gasteiger charge is -2.34. The molecule has 2 aliphatic heterocycles. The Kier molecular flexibility index (Phi) is 6.77. The van der Waals surface area contributed by atoms with Crippen LogP contribution in [0.25, 0.3) is 11.4 Å². The Morgan fingerprint density at radius 2 is 1.83 bits per heavy atom. The van der Waals surface area contributed by atoms with Gasteiger partial charge >= 0.3 is 0 Å². The van der Waals surface area contributed by atoms with Crippen LogP contribution >= 0.6 is 0 Å². The first-order valence-corrected chi connectivity index (χ1v) is 12.0. The Hall–Kier alpha value is -4.05. The molecular weight excluding hydrogens is 460 g/mol. The molecule has 36 heavy (non-hydrogen) atoms. The van der Waals surface area contributed by atoms with Crippen molar-refractivity contribution in [2.45, 2.75) is 26.3 Å². The van der Waals surface area contributed by atoms with Crippen molar-refractivity contribution in [3.8, 4) is 17.1 Å². The second-order valence-corrected chi connectivity index (χ2v) is 8.90. The lowest BCUT2D eigenvalue weighted by Crippen LogP contribution is -2.51. The second kappa shape index (κ2) is 10.3. The number of anilines is 1. The number of aryl methyl sites for hydroxylation is 1. The van der Waals surface area contributed by atoms with Crippen molar-refractivity contribution in [1.29, 1.82) is 0 Å². The summed E-state index contributed by atoms with van der Waals surface area (Å²) in [4.78, 5) is 34.1. The van der Waals surface area contributed by atoms with Gasteiger partial charge in [-0.1, -0.05) is 17.3 Å². The second-order valence-electron chi connectivity index (χ2n) is 8.90. The quantitative estimate of drug-likeness (QED) is 0.525. The topological polar surface area (TPSA) is 104 Å². The molecule has 186 valence electrons. The highest BCUT2D eigenvalue weighted by atomic mass is 16.5. The van der Waals surface area contributed by atoms with Crippen molar-refractivity contribution < 1.29 is 18.8 Å². The van der Waals surface area contributed by atoms with Crippen molar-refractivity contribution in [2.24, 2.45) is 5.10 Å². The minimum absolute atomic E-state index is 0.101. The van der Waals surface area contributed by atoms with E-state index in [2.05, 4.69) is 20.1 Å². The molecule has 2 aliphatic rings. The van der Waals surface area contributed by atoms with Crippen molar-refractivity contribution in [2.75, 3.05) is 38.3 Å². The maximum atomic E-state index is 13.2. The molecule has 0 bridgehead atoms. The molecule has 3 heterocycles. The van der Waals surface area contributed by atoms with Gasteiger partial charge in [-0.3, -0.25) is 14.5 Å². The smallest absolute Gasteiger partial charge is 0.270 e. The Balaban J connectivity index is 1.18. The lowest BCUT2D eigenvalue weighted by atomic mass is 10.1. The van der Waals surface area contributed by atoms with Crippen LogP contribution in [0.15, 0.2) is 58.2 Å². The fourth-order valence-electron chi connectivity index (χ4n) is 4.33. The van der Waals surface area contributed by atoms with Gasteiger partial charge < -0.3 is 14.2 Å². The van der Waals surface area contributed by atoms with Gasteiger partial charge in [-0.05, 0) is 48.9 Å². The predicted octanol–water partition coefficient (Wildman–Crippen LogP) is 2.88. The molecule has 10 heteroatoms. The van der Waals surface area contributed by atoms with E-state index in [0.717, 1.165) is 16.9 Å². The predicted molar refractivity (Wildman–Crippen MR) is 133 cm³/mol. The monoisotopic (exact) mass is 488 g/mol. The molecule has 0 spiro atoms. The number of carbonyl (C=O) groups excluding carboxylic acids is 2. The van der Waals surface area contributed by atoms with E-state index in [9.17, 15) is 9.59 Å². The number of aromatic nitrogens is 2. The van der Waals surface area contributed by atoms with Gasteiger partial charge in [0.25, 0.3) is 5.91 Å². The van der Waals surface area contributed by atoms with E-state index >= 15 is 0 Å². The SMILES string of the molecule is COc1ccc(-c2noc(CN3CCN(C(=O)C4=NN(c5cccc(C)c5)C(=O)CC4)CC3)n2)cc1. The molecule has 2 amide bonds. The molecule has 1 fully saturated rings. The van der Waals surface area contributed by atoms with E-state index < -0.39 is 0 Å². The largest absolute Gasteiger partial charge is 0.497 e. The fourth-order valence-corrected chi connectivity index (χ4v) is 4.33. The maximum absolute atomic E-state index is 13.2. The van der Waals surface area contributed by atoms with Gasteiger partial charge in [0.2, 0.25) is 17.6 Å². The standard InChI is InChI=1S/C26H28N6O4/c1-18-4-3-5-20(16-18)32-24(33)11-10-22(28-32)26(34)31-14-12-30(13-15-31)17-23-27-25(29-36-23)19-6-8-21(35-2)9-7-19/h3-9,16H,10-15,17H2,1-2H3. The first kappa shape index (κ1) is 23.7. The number of hydrazone groups is 1. The molecular formula is C26H28N6O4. The van der Waals surface area contributed by atoms with Crippen molar-refractivity contribution >= 4 is 23.2 Å².